The molecule has 7 heteroatoms. The van der Waals surface area contributed by atoms with Gasteiger partial charge in [-0.2, -0.15) is 13.2 Å². The maximum absolute atomic E-state index is 12.8. The molecular weight excluding hydrogens is 331 g/mol. The van der Waals surface area contributed by atoms with E-state index >= 15 is 0 Å². The van der Waals surface area contributed by atoms with E-state index in [1.807, 2.05) is 0 Å². The molecule has 0 unspecified atom stereocenters. The number of nitrogens with one attached hydrogen (secondary N) is 1. The zero-order chi connectivity index (χ0) is 17.0. The fourth-order valence-corrected chi connectivity index (χ4v) is 2.16. The number of carbonyl (C=O) groups excluding carboxylic acids is 1. The molecule has 0 aliphatic heterocycles. The van der Waals surface area contributed by atoms with Crippen molar-refractivity contribution >= 4 is 23.3 Å². The number of halogens is 4. The van der Waals surface area contributed by atoms with Gasteiger partial charge < -0.3 is 10.1 Å². The fourth-order valence-electron chi connectivity index (χ4n) is 1.93. The quantitative estimate of drug-likeness (QED) is 0.814. The largest absolute Gasteiger partial charge is 0.465 e. The summed E-state index contributed by atoms with van der Waals surface area (Å²) in [6, 6.07) is 10.2. The highest BCUT2D eigenvalue weighted by Gasteiger charge is 2.33. The minimum Gasteiger partial charge on any atom is -0.465 e. The van der Waals surface area contributed by atoms with E-state index in [-0.39, 0.29) is 5.02 Å². The Balaban J connectivity index is 2.08. The molecule has 0 atom stereocenters. The van der Waals surface area contributed by atoms with Crippen LogP contribution >= 0.6 is 11.6 Å². The van der Waals surface area contributed by atoms with E-state index in [1.54, 1.807) is 24.3 Å². The van der Waals surface area contributed by atoms with E-state index < -0.39 is 17.7 Å². The third kappa shape index (κ3) is 4.39. The number of carbonyl (C=O) groups is 1. The van der Waals surface area contributed by atoms with Crippen molar-refractivity contribution in [3.05, 3.63) is 64.2 Å². The zero-order valence-corrected chi connectivity index (χ0v) is 12.8. The summed E-state index contributed by atoms with van der Waals surface area (Å²) in [7, 11) is 1.29. The standard InChI is InChI=1S/C16H13ClF3NO2/c1-23-15(22)11-4-2-10(3-5-11)9-21-12-6-7-14(17)13(8-12)16(18,19)20/h2-8,21H,9H2,1H3. The zero-order valence-electron chi connectivity index (χ0n) is 12.1. The van der Waals surface area contributed by atoms with Crippen LogP contribution in [0.25, 0.3) is 0 Å². The summed E-state index contributed by atoms with van der Waals surface area (Å²) < 4.78 is 43.0. The molecule has 0 saturated carbocycles. The maximum atomic E-state index is 12.8. The van der Waals surface area contributed by atoms with Crippen LogP contribution in [0.3, 0.4) is 0 Å². The molecule has 0 radical (unpaired) electrons. The van der Waals surface area contributed by atoms with Gasteiger partial charge in [-0.3, -0.25) is 0 Å². The van der Waals surface area contributed by atoms with Crippen LogP contribution in [0.15, 0.2) is 42.5 Å². The first-order chi connectivity index (χ1) is 10.8. The van der Waals surface area contributed by atoms with Crippen molar-refractivity contribution in [1.82, 2.24) is 0 Å². The van der Waals surface area contributed by atoms with Crippen LogP contribution in [-0.4, -0.2) is 13.1 Å². The molecular formula is C16H13ClF3NO2. The lowest BCUT2D eigenvalue weighted by atomic mass is 10.1. The first kappa shape index (κ1) is 17.1. The Kier molecular flexibility index (Phi) is 5.15. The molecule has 0 saturated heterocycles. The van der Waals surface area contributed by atoms with E-state index in [2.05, 4.69) is 10.1 Å². The third-order valence-corrected chi connectivity index (χ3v) is 3.47. The number of benzene rings is 2. The number of hydrogen-bond acceptors (Lipinski definition) is 3. The van der Waals surface area contributed by atoms with E-state index in [1.165, 1.54) is 19.2 Å². The van der Waals surface area contributed by atoms with Crippen molar-refractivity contribution in [2.45, 2.75) is 12.7 Å². The highest BCUT2D eigenvalue weighted by molar-refractivity contribution is 6.31. The Morgan fingerprint density at radius 2 is 1.83 bits per heavy atom. The average molecular weight is 344 g/mol. The van der Waals surface area contributed by atoms with Crippen molar-refractivity contribution < 1.29 is 22.7 Å². The van der Waals surface area contributed by atoms with Gasteiger partial charge in [0.15, 0.2) is 0 Å². The fraction of sp³-hybridized carbons (Fsp3) is 0.188. The minimum absolute atomic E-state index is 0.304. The molecule has 0 spiro atoms. The van der Waals surface area contributed by atoms with Gasteiger partial charge in [-0.1, -0.05) is 23.7 Å². The number of alkyl halides is 3. The molecule has 3 nitrogen and oxygen atoms in total. The molecule has 1 N–H and O–H groups in total. The Bertz CT molecular complexity index is 699. The van der Waals surface area contributed by atoms with Crippen molar-refractivity contribution in [2.75, 3.05) is 12.4 Å². The van der Waals surface area contributed by atoms with E-state index in [0.717, 1.165) is 11.6 Å². The van der Waals surface area contributed by atoms with Crippen molar-refractivity contribution in [3.63, 3.8) is 0 Å². The van der Waals surface area contributed by atoms with Crippen LogP contribution in [-0.2, 0) is 17.5 Å². The molecule has 0 aromatic heterocycles. The maximum Gasteiger partial charge on any atom is 0.417 e. The van der Waals surface area contributed by atoms with Crippen molar-refractivity contribution in [1.29, 1.82) is 0 Å². The number of rotatable bonds is 4. The Labute approximate surface area is 136 Å². The number of esters is 1. The minimum atomic E-state index is -4.50. The van der Waals surface area contributed by atoms with Crippen LogP contribution in [0.2, 0.25) is 5.02 Å². The van der Waals surface area contributed by atoms with Crippen LogP contribution in [0.5, 0.6) is 0 Å². The second-order valence-electron chi connectivity index (χ2n) is 4.73. The number of anilines is 1. The van der Waals surface area contributed by atoms with Gasteiger partial charge in [0.25, 0.3) is 0 Å². The highest BCUT2D eigenvalue weighted by atomic mass is 35.5. The number of hydrogen-bond donors (Lipinski definition) is 1. The third-order valence-electron chi connectivity index (χ3n) is 3.14. The SMILES string of the molecule is COC(=O)c1ccc(CNc2ccc(Cl)c(C(F)(F)F)c2)cc1. The molecule has 0 fully saturated rings. The average Bonchev–Trinajstić information content (AvgIpc) is 2.52. The van der Waals surface area contributed by atoms with Gasteiger partial charge in [-0.15, -0.1) is 0 Å². The lowest BCUT2D eigenvalue weighted by Gasteiger charge is -2.12. The first-order valence-electron chi connectivity index (χ1n) is 6.59. The van der Waals surface area contributed by atoms with Gasteiger partial charge >= 0.3 is 12.1 Å². The van der Waals surface area contributed by atoms with E-state index in [9.17, 15) is 18.0 Å². The molecule has 2 aromatic carbocycles. The van der Waals surface area contributed by atoms with Gasteiger partial charge in [-0.25, -0.2) is 4.79 Å². The first-order valence-corrected chi connectivity index (χ1v) is 6.97. The summed E-state index contributed by atoms with van der Waals surface area (Å²) in [6.07, 6.45) is -4.50. The number of methoxy groups -OCH3 is 1. The number of ether oxygens (including phenoxy) is 1. The van der Waals surface area contributed by atoms with Crippen LogP contribution in [0.4, 0.5) is 18.9 Å². The highest BCUT2D eigenvalue weighted by Crippen LogP contribution is 2.36. The normalized spacial score (nSPS) is 11.2. The van der Waals surface area contributed by atoms with Gasteiger partial charge in [0, 0.05) is 12.2 Å². The molecule has 0 heterocycles. The molecule has 0 aliphatic rings. The van der Waals surface area contributed by atoms with Crippen LogP contribution in [0.1, 0.15) is 21.5 Å². The molecule has 23 heavy (non-hydrogen) atoms. The molecule has 0 bridgehead atoms. The smallest absolute Gasteiger partial charge is 0.417 e. The second kappa shape index (κ2) is 6.91. The Morgan fingerprint density at radius 3 is 2.39 bits per heavy atom. The van der Waals surface area contributed by atoms with Crippen molar-refractivity contribution in [3.8, 4) is 0 Å². The summed E-state index contributed by atoms with van der Waals surface area (Å²) in [5, 5.41) is 2.55. The Morgan fingerprint density at radius 1 is 1.17 bits per heavy atom. The van der Waals surface area contributed by atoms with E-state index in [0.29, 0.717) is 17.8 Å². The second-order valence-corrected chi connectivity index (χ2v) is 5.14. The topological polar surface area (TPSA) is 38.3 Å². The molecule has 2 aromatic rings. The molecule has 2 rings (SSSR count). The lowest BCUT2D eigenvalue weighted by Crippen LogP contribution is -2.07. The molecule has 0 aliphatic carbocycles. The summed E-state index contributed by atoms with van der Waals surface area (Å²) in [4.78, 5) is 11.3. The van der Waals surface area contributed by atoms with Crippen LogP contribution in [0, 0.1) is 0 Å². The van der Waals surface area contributed by atoms with Crippen LogP contribution < -0.4 is 5.32 Å². The molecule has 122 valence electrons. The summed E-state index contributed by atoms with van der Waals surface area (Å²) in [5.74, 6) is -0.447. The summed E-state index contributed by atoms with van der Waals surface area (Å²) >= 11 is 5.57. The van der Waals surface area contributed by atoms with Gasteiger partial charge in [0.1, 0.15) is 0 Å². The monoisotopic (exact) mass is 343 g/mol. The van der Waals surface area contributed by atoms with Gasteiger partial charge in [0.05, 0.1) is 23.3 Å². The van der Waals surface area contributed by atoms with E-state index in [4.69, 9.17) is 11.6 Å². The Hall–Kier alpha value is -2.21. The van der Waals surface area contributed by atoms with Gasteiger partial charge in [-0.05, 0) is 35.9 Å². The predicted molar refractivity (Wildman–Crippen MR) is 81.6 cm³/mol. The summed E-state index contributed by atoms with van der Waals surface area (Å²) in [5.41, 5.74) is 0.632. The lowest BCUT2D eigenvalue weighted by molar-refractivity contribution is -0.137. The summed E-state index contributed by atoms with van der Waals surface area (Å²) in [6.45, 7) is 0.306. The molecule has 0 amide bonds. The predicted octanol–water partition coefficient (Wildman–Crippen LogP) is 4.76. The van der Waals surface area contributed by atoms with Gasteiger partial charge in [0.2, 0.25) is 0 Å². The van der Waals surface area contributed by atoms with Crippen molar-refractivity contribution in [2.24, 2.45) is 0 Å².